The number of anilines is 1. The van der Waals surface area contributed by atoms with Crippen LogP contribution in [-0.2, 0) is 11.3 Å². The standard InChI is InChI=1S/C14H23N5O3/c1-18-6-2-14(22,3-7-18)9-19-10-17-12(8-13(19)21)16-5-4-15-11-20/h8,10-11,16,22H,2-7,9H2,1H3,(H,15,20). The fourth-order valence-electron chi connectivity index (χ4n) is 2.47. The van der Waals surface area contributed by atoms with E-state index in [2.05, 4.69) is 20.5 Å². The van der Waals surface area contributed by atoms with Gasteiger partial charge in [0.2, 0.25) is 6.41 Å². The first-order valence-corrected chi connectivity index (χ1v) is 7.41. The number of likely N-dealkylation sites (tertiary alicyclic amines) is 1. The van der Waals surface area contributed by atoms with Gasteiger partial charge in [0, 0.05) is 32.2 Å². The Kier molecular flexibility index (Phi) is 5.51. The van der Waals surface area contributed by atoms with Crippen LogP contribution in [0.15, 0.2) is 17.2 Å². The maximum Gasteiger partial charge on any atom is 0.255 e. The molecule has 1 aromatic heterocycles. The van der Waals surface area contributed by atoms with Gasteiger partial charge in [0.05, 0.1) is 18.5 Å². The Morgan fingerprint density at radius 3 is 2.77 bits per heavy atom. The quantitative estimate of drug-likeness (QED) is 0.435. The van der Waals surface area contributed by atoms with Crippen molar-refractivity contribution in [3.05, 3.63) is 22.7 Å². The van der Waals surface area contributed by atoms with Crippen molar-refractivity contribution in [3.63, 3.8) is 0 Å². The predicted octanol–water partition coefficient (Wildman–Crippen LogP) is -1.14. The Morgan fingerprint density at radius 1 is 1.41 bits per heavy atom. The third-order valence-electron chi connectivity index (χ3n) is 3.92. The summed E-state index contributed by atoms with van der Waals surface area (Å²) in [6.07, 6.45) is 3.37. The molecule has 1 fully saturated rings. The molecule has 8 nitrogen and oxygen atoms in total. The Labute approximate surface area is 129 Å². The second kappa shape index (κ2) is 7.37. The highest BCUT2D eigenvalue weighted by Gasteiger charge is 2.31. The van der Waals surface area contributed by atoms with Crippen LogP contribution in [0.3, 0.4) is 0 Å². The predicted molar refractivity (Wildman–Crippen MR) is 82.7 cm³/mol. The second-order valence-corrected chi connectivity index (χ2v) is 5.77. The fraction of sp³-hybridized carbons (Fsp3) is 0.643. The number of nitrogens with one attached hydrogen (secondary N) is 2. The number of rotatable bonds is 7. The first kappa shape index (κ1) is 16.4. The molecule has 3 N–H and O–H groups in total. The summed E-state index contributed by atoms with van der Waals surface area (Å²) in [5.41, 5.74) is -1.05. The Balaban J connectivity index is 1.95. The first-order chi connectivity index (χ1) is 10.5. The van der Waals surface area contributed by atoms with Crippen LogP contribution in [-0.4, -0.2) is 64.8 Å². The number of carbonyl (C=O) groups is 1. The summed E-state index contributed by atoms with van der Waals surface area (Å²) >= 11 is 0. The molecule has 2 rings (SSSR count). The average Bonchev–Trinajstić information content (AvgIpc) is 2.50. The largest absolute Gasteiger partial charge is 0.388 e. The fourth-order valence-corrected chi connectivity index (χ4v) is 2.47. The minimum absolute atomic E-state index is 0.201. The van der Waals surface area contributed by atoms with E-state index in [1.165, 1.54) is 17.0 Å². The minimum Gasteiger partial charge on any atom is -0.388 e. The molecule has 1 saturated heterocycles. The molecule has 0 radical (unpaired) electrons. The van der Waals surface area contributed by atoms with E-state index in [1.807, 2.05) is 7.05 Å². The molecule has 1 aliphatic rings. The van der Waals surface area contributed by atoms with Gasteiger partial charge in [0.1, 0.15) is 5.82 Å². The van der Waals surface area contributed by atoms with Gasteiger partial charge in [0.15, 0.2) is 0 Å². The van der Waals surface area contributed by atoms with Gasteiger partial charge in [-0.05, 0) is 19.9 Å². The van der Waals surface area contributed by atoms with Gasteiger partial charge < -0.3 is 20.6 Å². The topological polar surface area (TPSA) is 99.5 Å². The Hall–Kier alpha value is -1.93. The number of nitrogens with zero attached hydrogens (tertiary/aromatic N) is 3. The molecule has 0 bridgehead atoms. The molecule has 0 unspecified atom stereocenters. The average molecular weight is 309 g/mol. The zero-order valence-corrected chi connectivity index (χ0v) is 12.8. The van der Waals surface area contributed by atoms with Gasteiger partial charge in [0.25, 0.3) is 5.56 Å². The third kappa shape index (κ3) is 4.54. The van der Waals surface area contributed by atoms with Gasteiger partial charge >= 0.3 is 0 Å². The maximum atomic E-state index is 12.1. The summed E-state index contributed by atoms with van der Waals surface area (Å²) in [6.45, 7) is 2.86. The van der Waals surface area contributed by atoms with Crippen molar-refractivity contribution in [3.8, 4) is 0 Å². The molecule has 122 valence electrons. The molecule has 0 saturated carbocycles. The molecule has 8 heteroatoms. The summed E-state index contributed by atoms with van der Waals surface area (Å²) in [7, 11) is 2.02. The highest BCUT2D eigenvalue weighted by Crippen LogP contribution is 2.22. The highest BCUT2D eigenvalue weighted by atomic mass is 16.3. The van der Waals surface area contributed by atoms with E-state index in [-0.39, 0.29) is 12.1 Å². The van der Waals surface area contributed by atoms with Crippen molar-refractivity contribution in [2.24, 2.45) is 0 Å². The third-order valence-corrected chi connectivity index (χ3v) is 3.92. The van der Waals surface area contributed by atoms with Crippen molar-refractivity contribution < 1.29 is 9.90 Å². The molecule has 0 aliphatic carbocycles. The molecule has 22 heavy (non-hydrogen) atoms. The number of hydrogen-bond donors (Lipinski definition) is 3. The summed E-state index contributed by atoms with van der Waals surface area (Å²) < 4.78 is 1.44. The van der Waals surface area contributed by atoms with Crippen molar-refractivity contribution in [2.75, 3.05) is 38.5 Å². The zero-order chi connectivity index (χ0) is 16.0. The van der Waals surface area contributed by atoms with Crippen molar-refractivity contribution in [1.82, 2.24) is 19.8 Å². The molecule has 2 heterocycles. The van der Waals surface area contributed by atoms with Crippen LogP contribution >= 0.6 is 0 Å². The van der Waals surface area contributed by atoms with Gasteiger partial charge in [-0.2, -0.15) is 0 Å². The van der Waals surface area contributed by atoms with Gasteiger partial charge in [-0.3, -0.25) is 14.2 Å². The van der Waals surface area contributed by atoms with Gasteiger partial charge in [-0.15, -0.1) is 0 Å². The number of aliphatic hydroxyl groups is 1. The smallest absolute Gasteiger partial charge is 0.255 e. The number of hydrogen-bond acceptors (Lipinski definition) is 6. The summed E-state index contributed by atoms with van der Waals surface area (Å²) in [5, 5.41) is 16.0. The lowest BCUT2D eigenvalue weighted by Crippen LogP contribution is -2.46. The molecule has 1 amide bonds. The molecular weight excluding hydrogens is 286 g/mol. The lowest BCUT2D eigenvalue weighted by Gasteiger charge is -2.36. The lowest BCUT2D eigenvalue weighted by molar-refractivity contribution is -0.109. The van der Waals surface area contributed by atoms with E-state index >= 15 is 0 Å². The zero-order valence-electron chi connectivity index (χ0n) is 12.8. The maximum absolute atomic E-state index is 12.1. The van der Waals surface area contributed by atoms with E-state index in [9.17, 15) is 14.7 Å². The second-order valence-electron chi connectivity index (χ2n) is 5.77. The molecule has 1 aromatic rings. The lowest BCUT2D eigenvalue weighted by atomic mass is 9.91. The Bertz CT molecular complexity index is 552. The van der Waals surface area contributed by atoms with Crippen LogP contribution in [0.1, 0.15) is 12.8 Å². The van der Waals surface area contributed by atoms with Crippen molar-refractivity contribution >= 4 is 12.2 Å². The number of carbonyl (C=O) groups excluding carboxylic acids is 1. The van der Waals surface area contributed by atoms with Crippen LogP contribution in [0.2, 0.25) is 0 Å². The number of piperidine rings is 1. The van der Waals surface area contributed by atoms with E-state index in [0.29, 0.717) is 38.2 Å². The summed E-state index contributed by atoms with van der Waals surface area (Å²) in [4.78, 5) is 28.5. The van der Waals surface area contributed by atoms with E-state index in [0.717, 1.165) is 13.1 Å². The number of aromatic nitrogens is 2. The van der Waals surface area contributed by atoms with E-state index < -0.39 is 5.60 Å². The van der Waals surface area contributed by atoms with Crippen LogP contribution in [0.5, 0.6) is 0 Å². The molecule has 0 atom stereocenters. The SMILES string of the molecule is CN1CCC(O)(Cn2cnc(NCCNC=O)cc2=O)CC1. The van der Waals surface area contributed by atoms with Crippen molar-refractivity contribution in [2.45, 2.75) is 25.0 Å². The van der Waals surface area contributed by atoms with E-state index in [1.54, 1.807) is 0 Å². The Morgan fingerprint density at radius 2 is 2.14 bits per heavy atom. The minimum atomic E-state index is -0.846. The van der Waals surface area contributed by atoms with Crippen LogP contribution in [0.25, 0.3) is 0 Å². The molecule has 0 spiro atoms. The van der Waals surface area contributed by atoms with Crippen LogP contribution in [0, 0.1) is 0 Å². The van der Waals surface area contributed by atoms with Crippen LogP contribution in [0.4, 0.5) is 5.82 Å². The summed E-state index contributed by atoms with van der Waals surface area (Å²) in [5.74, 6) is 0.462. The van der Waals surface area contributed by atoms with Crippen molar-refractivity contribution in [1.29, 1.82) is 0 Å². The van der Waals surface area contributed by atoms with Gasteiger partial charge in [-0.25, -0.2) is 4.98 Å². The monoisotopic (exact) mass is 309 g/mol. The van der Waals surface area contributed by atoms with E-state index in [4.69, 9.17) is 0 Å². The van der Waals surface area contributed by atoms with Crippen LogP contribution < -0.4 is 16.2 Å². The number of amides is 1. The molecule has 1 aliphatic heterocycles. The molecule has 0 aromatic carbocycles. The highest BCUT2D eigenvalue weighted by molar-refractivity contribution is 5.46. The summed E-state index contributed by atoms with van der Waals surface area (Å²) in [6, 6.07) is 1.40. The first-order valence-electron chi connectivity index (χ1n) is 7.41. The normalized spacial score (nSPS) is 17.9. The molecular formula is C14H23N5O3. The van der Waals surface area contributed by atoms with Gasteiger partial charge in [-0.1, -0.05) is 0 Å².